The quantitative estimate of drug-likeness (QED) is 0.873. The zero-order chi connectivity index (χ0) is 15.7. The fraction of sp³-hybridized carbons (Fsp3) is 0.278. The van der Waals surface area contributed by atoms with Gasteiger partial charge in [0, 0.05) is 19.1 Å². The van der Waals surface area contributed by atoms with Gasteiger partial charge in [0.2, 0.25) is 0 Å². The monoisotopic (exact) mass is 298 g/mol. The highest BCUT2D eigenvalue weighted by Gasteiger charge is 2.31. The molecule has 0 saturated heterocycles. The van der Waals surface area contributed by atoms with Crippen LogP contribution in [-0.2, 0) is 16.0 Å². The molecular formula is C18H18O4. The maximum absolute atomic E-state index is 12.6. The van der Waals surface area contributed by atoms with E-state index >= 15 is 0 Å². The Bertz CT molecular complexity index is 721. The van der Waals surface area contributed by atoms with Crippen LogP contribution in [0.15, 0.2) is 36.4 Å². The number of benzene rings is 2. The molecule has 3 rings (SSSR count). The molecule has 0 radical (unpaired) electrons. The lowest BCUT2D eigenvalue weighted by Crippen LogP contribution is -2.15. The van der Waals surface area contributed by atoms with Crippen molar-refractivity contribution >= 4 is 5.78 Å². The van der Waals surface area contributed by atoms with Crippen molar-refractivity contribution in [3.05, 3.63) is 47.5 Å². The summed E-state index contributed by atoms with van der Waals surface area (Å²) in [7, 11) is 4.75. The van der Waals surface area contributed by atoms with Gasteiger partial charge in [-0.3, -0.25) is 4.79 Å². The van der Waals surface area contributed by atoms with E-state index < -0.39 is 6.10 Å². The standard InChI is InChI=1S/C18H18O4/c1-20-16-9-8-12-11-6-4-5-7-13(11)17(21-2)15(19)10-14(12)18(16)22-3/h4-9,17H,10H2,1-3H3. The average Bonchev–Trinajstić information content (AvgIpc) is 2.67. The summed E-state index contributed by atoms with van der Waals surface area (Å²) in [5.41, 5.74) is 3.72. The zero-order valence-corrected chi connectivity index (χ0v) is 12.9. The fourth-order valence-corrected chi connectivity index (χ4v) is 3.09. The number of methoxy groups -OCH3 is 3. The second kappa shape index (κ2) is 5.81. The molecule has 4 nitrogen and oxygen atoms in total. The van der Waals surface area contributed by atoms with Crippen molar-refractivity contribution in [3.8, 4) is 22.6 Å². The van der Waals surface area contributed by atoms with Crippen molar-refractivity contribution in [2.75, 3.05) is 21.3 Å². The van der Waals surface area contributed by atoms with Gasteiger partial charge in [-0.05, 0) is 22.8 Å². The first kappa shape index (κ1) is 14.6. The first-order chi connectivity index (χ1) is 10.7. The third kappa shape index (κ3) is 2.16. The third-order valence-electron chi connectivity index (χ3n) is 4.06. The Labute approximate surface area is 129 Å². The maximum Gasteiger partial charge on any atom is 0.170 e. The summed E-state index contributed by atoms with van der Waals surface area (Å²) in [4.78, 5) is 12.6. The van der Waals surface area contributed by atoms with Gasteiger partial charge in [0.15, 0.2) is 17.3 Å². The summed E-state index contributed by atoms with van der Waals surface area (Å²) in [6, 6.07) is 11.7. The Morgan fingerprint density at radius 2 is 1.73 bits per heavy atom. The number of carbonyl (C=O) groups is 1. The molecule has 2 aromatic carbocycles. The molecule has 1 aliphatic carbocycles. The molecule has 0 amide bonds. The number of ketones is 1. The predicted octanol–water partition coefficient (Wildman–Crippen LogP) is 3.18. The molecule has 1 unspecified atom stereocenters. The minimum atomic E-state index is -0.556. The minimum absolute atomic E-state index is 0.0141. The van der Waals surface area contributed by atoms with Crippen LogP contribution in [0.2, 0.25) is 0 Å². The van der Waals surface area contributed by atoms with Crippen LogP contribution in [0.25, 0.3) is 11.1 Å². The Morgan fingerprint density at radius 1 is 0.955 bits per heavy atom. The van der Waals surface area contributed by atoms with Gasteiger partial charge in [-0.1, -0.05) is 30.3 Å². The van der Waals surface area contributed by atoms with Gasteiger partial charge < -0.3 is 14.2 Å². The fourth-order valence-electron chi connectivity index (χ4n) is 3.09. The SMILES string of the molecule is COc1ccc2c(c1OC)CC(=O)C(OC)c1ccccc1-2. The molecule has 114 valence electrons. The van der Waals surface area contributed by atoms with Crippen molar-refractivity contribution < 1.29 is 19.0 Å². The highest BCUT2D eigenvalue weighted by molar-refractivity contribution is 5.94. The summed E-state index contributed by atoms with van der Waals surface area (Å²) in [5, 5.41) is 0. The smallest absolute Gasteiger partial charge is 0.170 e. The topological polar surface area (TPSA) is 44.8 Å². The second-order valence-corrected chi connectivity index (χ2v) is 5.17. The van der Waals surface area contributed by atoms with Gasteiger partial charge in [0.1, 0.15) is 6.10 Å². The predicted molar refractivity (Wildman–Crippen MR) is 83.4 cm³/mol. The normalized spacial score (nSPS) is 16.5. The Hall–Kier alpha value is -2.33. The second-order valence-electron chi connectivity index (χ2n) is 5.17. The van der Waals surface area contributed by atoms with Crippen LogP contribution in [0.4, 0.5) is 0 Å². The van der Waals surface area contributed by atoms with E-state index in [9.17, 15) is 4.79 Å². The lowest BCUT2D eigenvalue weighted by molar-refractivity contribution is -0.128. The highest BCUT2D eigenvalue weighted by atomic mass is 16.5. The van der Waals surface area contributed by atoms with Gasteiger partial charge in [-0.25, -0.2) is 0 Å². The van der Waals surface area contributed by atoms with E-state index in [1.54, 1.807) is 21.3 Å². The van der Waals surface area contributed by atoms with Crippen molar-refractivity contribution in [1.82, 2.24) is 0 Å². The van der Waals surface area contributed by atoms with E-state index in [0.717, 1.165) is 22.3 Å². The van der Waals surface area contributed by atoms with E-state index in [1.165, 1.54) is 0 Å². The average molecular weight is 298 g/mol. The van der Waals surface area contributed by atoms with Gasteiger partial charge in [0.05, 0.1) is 14.2 Å². The molecule has 1 atom stereocenters. The van der Waals surface area contributed by atoms with Crippen LogP contribution in [0.3, 0.4) is 0 Å². The van der Waals surface area contributed by atoms with Crippen LogP contribution in [-0.4, -0.2) is 27.1 Å². The van der Waals surface area contributed by atoms with Gasteiger partial charge in [-0.2, -0.15) is 0 Å². The molecule has 0 bridgehead atoms. The summed E-state index contributed by atoms with van der Waals surface area (Å²) < 4.78 is 16.3. The minimum Gasteiger partial charge on any atom is -0.493 e. The highest BCUT2D eigenvalue weighted by Crippen LogP contribution is 2.43. The molecule has 0 saturated carbocycles. The van der Waals surface area contributed by atoms with Crippen LogP contribution in [0.5, 0.6) is 11.5 Å². The Balaban J connectivity index is 2.31. The summed E-state index contributed by atoms with van der Waals surface area (Å²) in [6.45, 7) is 0. The molecule has 2 aromatic rings. The van der Waals surface area contributed by atoms with Crippen molar-refractivity contribution in [1.29, 1.82) is 0 Å². The molecule has 0 aliphatic heterocycles. The number of carbonyl (C=O) groups excluding carboxylic acids is 1. The zero-order valence-electron chi connectivity index (χ0n) is 12.9. The molecule has 0 spiro atoms. The van der Waals surface area contributed by atoms with Gasteiger partial charge in [-0.15, -0.1) is 0 Å². The lowest BCUT2D eigenvalue weighted by Gasteiger charge is -2.16. The molecule has 1 aliphatic rings. The van der Waals surface area contributed by atoms with Crippen LogP contribution >= 0.6 is 0 Å². The number of fused-ring (bicyclic) bond motifs is 3. The largest absolute Gasteiger partial charge is 0.493 e. The summed E-state index contributed by atoms with van der Waals surface area (Å²) in [6.07, 6.45) is -0.303. The molecule has 4 heteroatoms. The molecule has 0 fully saturated rings. The lowest BCUT2D eigenvalue weighted by atomic mass is 9.95. The van der Waals surface area contributed by atoms with E-state index in [-0.39, 0.29) is 12.2 Å². The summed E-state index contributed by atoms with van der Waals surface area (Å²) in [5.74, 6) is 1.25. The molecular weight excluding hydrogens is 280 g/mol. The van der Waals surface area contributed by atoms with E-state index in [2.05, 4.69) is 0 Å². The number of rotatable bonds is 3. The molecule has 0 heterocycles. The molecule has 22 heavy (non-hydrogen) atoms. The third-order valence-corrected chi connectivity index (χ3v) is 4.06. The molecule has 0 aromatic heterocycles. The van der Waals surface area contributed by atoms with Crippen LogP contribution < -0.4 is 9.47 Å². The van der Waals surface area contributed by atoms with Crippen molar-refractivity contribution in [2.24, 2.45) is 0 Å². The van der Waals surface area contributed by atoms with Crippen molar-refractivity contribution in [3.63, 3.8) is 0 Å². The van der Waals surface area contributed by atoms with Crippen LogP contribution in [0, 0.1) is 0 Å². The maximum atomic E-state index is 12.6. The number of hydrogen-bond acceptors (Lipinski definition) is 4. The van der Waals surface area contributed by atoms with E-state index in [1.807, 2.05) is 36.4 Å². The molecule has 0 N–H and O–H groups in total. The van der Waals surface area contributed by atoms with Gasteiger partial charge in [0.25, 0.3) is 0 Å². The summed E-state index contributed by atoms with van der Waals surface area (Å²) >= 11 is 0. The van der Waals surface area contributed by atoms with Gasteiger partial charge >= 0.3 is 0 Å². The van der Waals surface area contributed by atoms with Crippen LogP contribution in [0.1, 0.15) is 17.2 Å². The Kier molecular flexibility index (Phi) is 3.86. The number of Topliss-reactive ketones (excluding diaryl/α,β-unsaturated/α-hetero) is 1. The Morgan fingerprint density at radius 3 is 2.41 bits per heavy atom. The van der Waals surface area contributed by atoms with Crippen molar-refractivity contribution in [2.45, 2.75) is 12.5 Å². The first-order valence-corrected chi connectivity index (χ1v) is 7.10. The number of hydrogen-bond donors (Lipinski definition) is 0. The first-order valence-electron chi connectivity index (χ1n) is 7.10. The number of ether oxygens (including phenoxy) is 3. The van der Waals surface area contributed by atoms with E-state index in [4.69, 9.17) is 14.2 Å². The van der Waals surface area contributed by atoms with E-state index in [0.29, 0.717) is 11.5 Å².